The van der Waals surface area contributed by atoms with Crippen molar-refractivity contribution >= 4 is 5.97 Å². The summed E-state index contributed by atoms with van der Waals surface area (Å²) in [6.07, 6.45) is 11.3. The van der Waals surface area contributed by atoms with E-state index in [2.05, 4.69) is 65.1 Å². The number of carbonyl (C=O) groups is 1. The first-order chi connectivity index (χ1) is 13.9. The van der Waals surface area contributed by atoms with Gasteiger partial charge in [-0.25, -0.2) is 4.79 Å². The molecule has 0 saturated heterocycles. The Balaban J connectivity index is 0.000000212. The van der Waals surface area contributed by atoms with E-state index in [0.29, 0.717) is 28.8 Å². The van der Waals surface area contributed by atoms with Crippen molar-refractivity contribution in [3.05, 3.63) is 84.1 Å². The van der Waals surface area contributed by atoms with Crippen molar-refractivity contribution in [2.24, 2.45) is 11.8 Å². The van der Waals surface area contributed by atoms with Crippen LogP contribution in [-0.4, -0.2) is 16.2 Å². The second-order valence-electron chi connectivity index (χ2n) is 6.58. The van der Waals surface area contributed by atoms with Gasteiger partial charge in [0.05, 0.1) is 5.56 Å². The molecule has 0 aliphatic heterocycles. The van der Waals surface area contributed by atoms with Crippen LogP contribution in [0.1, 0.15) is 36.5 Å². The van der Waals surface area contributed by atoms with Crippen molar-refractivity contribution in [1.29, 1.82) is 0 Å². The molecule has 3 rings (SSSR count). The van der Waals surface area contributed by atoms with Gasteiger partial charge in [0.2, 0.25) is 11.8 Å². The molecule has 1 aliphatic rings. The zero-order valence-electron chi connectivity index (χ0n) is 16.9. The molecular weight excluding hydrogens is 368 g/mol. The Morgan fingerprint density at radius 2 is 2.14 bits per heavy atom. The molecule has 7 heteroatoms. The van der Waals surface area contributed by atoms with Crippen molar-refractivity contribution in [2.75, 3.05) is 0 Å². The number of rotatable bonds is 5. The van der Waals surface area contributed by atoms with Gasteiger partial charge in [-0.1, -0.05) is 44.7 Å². The summed E-state index contributed by atoms with van der Waals surface area (Å²) >= 11 is 0. The normalized spacial score (nSPS) is 12.9. The quantitative estimate of drug-likeness (QED) is 0.732. The molecule has 29 heavy (non-hydrogen) atoms. The van der Waals surface area contributed by atoms with Gasteiger partial charge in [-0.2, -0.15) is 5.90 Å². The fourth-order valence-electron chi connectivity index (χ4n) is 2.53. The Kier molecular flexibility index (Phi) is 8.12. The van der Waals surface area contributed by atoms with Crippen molar-refractivity contribution < 1.29 is 14.0 Å². The number of nitrogens with two attached hydrogens (primary N) is 1. The lowest BCUT2D eigenvalue weighted by molar-refractivity contribution is 0.0503. The maximum atomic E-state index is 11.2. The predicted molar refractivity (Wildman–Crippen MR) is 112 cm³/mol. The topological polar surface area (TPSA) is 103 Å². The molecule has 0 fully saturated rings. The summed E-state index contributed by atoms with van der Waals surface area (Å²) < 4.78 is 5.23. The van der Waals surface area contributed by atoms with Gasteiger partial charge in [-0.05, 0) is 42.0 Å². The van der Waals surface area contributed by atoms with Gasteiger partial charge in [0, 0.05) is 24.6 Å². The summed E-state index contributed by atoms with van der Waals surface area (Å²) in [6, 6.07) is 6.59. The van der Waals surface area contributed by atoms with Crippen LogP contribution in [0.25, 0.3) is 11.5 Å². The van der Waals surface area contributed by atoms with E-state index in [0.717, 1.165) is 6.42 Å². The van der Waals surface area contributed by atoms with E-state index in [-0.39, 0.29) is 0 Å². The minimum absolute atomic E-state index is 0.329. The fourth-order valence-corrected chi connectivity index (χ4v) is 2.53. The van der Waals surface area contributed by atoms with E-state index in [4.69, 9.17) is 10.3 Å². The summed E-state index contributed by atoms with van der Waals surface area (Å²) in [5.74, 6) is 5.59. The van der Waals surface area contributed by atoms with Crippen LogP contribution in [0.15, 0.2) is 77.0 Å². The second-order valence-corrected chi connectivity index (χ2v) is 6.58. The average molecular weight is 394 g/mol. The summed E-state index contributed by atoms with van der Waals surface area (Å²) in [7, 11) is 0. The third kappa shape index (κ3) is 6.58. The number of nitrogens with one attached hydrogen (secondary N) is 1. The summed E-state index contributed by atoms with van der Waals surface area (Å²) in [5.41, 5.74) is 3.54. The Morgan fingerprint density at radius 3 is 2.76 bits per heavy atom. The molecule has 0 radical (unpaired) electrons. The van der Waals surface area contributed by atoms with Gasteiger partial charge in [0.1, 0.15) is 0 Å². The fraction of sp³-hybridized carbons (Fsp3) is 0.227. The second kappa shape index (κ2) is 10.8. The summed E-state index contributed by atoms with van der Waals surface area (Å²) in [4.78, 5) is 15.3. The standard InChI is InChI=1S/C12H17N.C10H9N3O3/c1-4-13-12-7-5-6-11(8-9-12)10(2)3;1-6-12-13-9(15-6)7-3-2-4-8(5-7)10(14)16-11/h4-6,8-10,13H,1,7H2,2-3H3;2-5H,11H2,1H3. The molecule has 152 valence electrons. The lowest BCUT2D eigenvalue weighted by atomic mass is 10.0. The molecule has 0 unspecified atom stereocenters. The van der Waals surface area contributed by atoms with Crippen molar-refractivity contribution in [3.63, 3.8) is 0 Å². The number of aryl methyl sites for hydroxylation is 1. The number of benzene rings is 1. The molecule has 1 aromatic heterocycles. The van der Waals surface area contributed by atoms with E-state index in [1.807, 2.05) is 0 Å². The molecule has 7 nitrogen and oxygen atoms in total. The highest BCUT2D eigenvalue weighted by atomic mass is 16.7. The van der Waals surface area contributed by atoms with Gasteiger partial charge in [-0.15, -0.1) is 10.2 Å². The zero-order valence-corrected chi connectivity index (χ0v) is 16.9. The van der Waals surface area contributed by atoms with Crippen molar-refractivity contribution in [2.45, 2.75) is 27.2 Å². The molecule has 1 aromatic carbocycles. The van der Waals surface area contributed by atoms with Crippen molar-refractivity contribution in [3.8, 4) is 11.5 Å². The number of allylic oxidation sites excluding steroid dienone is 5. The summed E-state index contributed by atoms with van der Waals surface area (Å²) in [6.45, 7) is 9.74. The number of hydrogen-bond donors (Lipinski definition) is 2. The van der Waals surface area contributed by atoms with Gasteiger partial charge >= 0.3 is 5.97 Å². The van der Waals surface area contributed by atoms with E-state index < -0.39 is 5.97 Å². The van der Waals surface area contributed by atoms with Crippen LogP contribution in [0.5, 0.6) is 0 Å². The first-order valence-electron chi connectivity index (χ1n) is 9.21. The lowest BCUT2D eigenvalue weighted by Crippen LogP contribution is -2.09. The van der Waals surface area contributed by atoms with Crippen LogP contribution in [-0.2, 0) is 4.84 Å². The van der Waals surface area contributed by atoms with E-state index in [9.17, 15) is 4.79 Å². The smallest absolute Gasteiger partial charge is 0.356 e. The van der Waals surface area contributed by atoms with Gasteiger partial charge in [-0.3, -0.25) is 0 Å². The monoisotopic (exact) mass is 394 g/mol. The predicted octanol–water partition coefficient (Wildman–Crippen LogP) is 4.22. The number of carbonyl (C=O) groups excluding carboxylic acids is 1. The van der Waals surface area contributed by atoms with E-state index in [1.165, 1.54) is 11.3 Å². The van der Waals surface area contributed by atoms with Crippen molar-refractivity contribution in [1.82, 2.24) is 15.5 Å². The van der Waals surface area contributed by atoms with Crippen LogP contribution in [0, 0.1) is 12.8 Å². The molecule has 0 atom stereocenters. The van der Waals surface area contributed by atoms with E-state index in [1.54, 1.807) is 37.4 Å². The third-order valence-corrected chi connectivity index (χ3v) is 4.06. The largest absolute Gasteiger partial charge is 0.421 e. The van der Waals surface area contributed by atoms with Gasteiger partial charge < -0.3 is 14.6 Å². The van der Waals surface area contributed by atoms with Gasteiger partial charge in [0.15, 0.2) is 0 Å². The minimum atomic E-state index is -0.613. The highest BCUT2D eigenvalue weighted by Crippen LogP contribution is 2.19. The molecule has 3 N–H and O–H groups in total. The zero-order chi connectivity index (χ0) is 21.2. The molecule has 1 heterocycles. The number of nitrogens with zero attached hydrogens (tertiary/aromatic N) is 2. The summed E-state index contributed by atoms with van der Waals surface area (Å²) in [5, 5.41) is 10.7. The van der Waals surface area contributed by atoms with E-state index >= 15 is 0 Å². The first kappa shape index (κ1) is 21.8. The first-order valence-corrected chi connectivity index (χ1v) is 9.21. The highest BCUT2D eigenvalue weighted by Gasteiger charge is 2.10. The number of hydrogen-bond acceptors (Lipinski definition) is 7. The van der Waals surface area contributed by atoms with Crippen LogP contribution < -0.4 is 11.2 Å². The molecule has 0 saturated carbocycles. The molecule has 0 amide bonds. The average Bonchev–Trinajstić information content (AvgIpc) is 3.02. The Hall–Kier alpha value is -3.45. The minimum Gasteiger partial charge on any atom is -0.421 e. The molecular formula is C22H26N4O3. The highest BCUT2D eigenvalue weighted by molar-refractivity contribution is 5.90. The Labute approximate surface area is 170 Å². The Bertz CT molecular complexity index is 939. The molecule has 1 aliphatic carbocycles. The Morgan fingerprint density at radius 1 is 1.34 bits per heavy atom. The van der Waals surface area contributed by atoms with Gasteiger partial charge in [0.25, 0.3) is 0 Å². The number of aromatic nitrogens is 2. The molecule has 0 spiro atoms. The molecule has 0 bridgehead atoms. The third-order valence-electron chi connectivity index (χ3n) is 4.06. The maximum absolute atomic E-state index is 11.2. The SMILES string of the molecule is C=CNC1=CC=C(C(C)C)C=CC1.Cc1nnc(-c2cccc(C(=O)ON)c2)o1. The molecule has 2 aromatic rings. The van der Waals surface area contributed by atoms with Crippen LogP contribution in [0.3, 0.4) is 0 Å². The van der Waals surface area contributed by atoms with Crippen LogP contribution >= 0.6 is 0 Å². The lowest BCUT2D eigenvalue weighted by Gasteiger charge is -2.02. The maximum Gasteiger partial charge on any atom is 0.356 e. The van der Waals surface area contributed by atoms with Crippen LogP contribution in [0.2, 0.25) is 0 Å². The van der Waals surface area contributed by atoms with Crippen LogP contribution in [0.4, 0.5) is 0 Å².